The van der Waals surface area contributed by atoms with Gasteiger partial charge in [-0.3, -0.25) is 4.79 Å². The summed E-state index contributed by atoms with van der Waals surface area (Å²) in [5, 5.41) is 12.1. The fourth-order valence-corrected chi connectivity index (χ4v) is 3.90. The van der Waals surface area contributed by atoms with Gasteiger partial charge in [0.05, 0.1) is 29.2 Å². The lowest BCUT2D eigenvalue weighted by Crippen LogP contribution is -2.20. The van der Waals surface area contributed by atoms with Crippen LogP contribution < -0.4 is 10.2 Å². The largest absolute Gasteiger partial charge is 0.342 e. The summed E-state index contributed by atoms with van der Waals surface area (Å²) >= 11 is 0. The number of H-pyrrole nitrogens is 1. The minimum Gasteiger partial charge on any atom is -0.342 e. The fourth-order valence-electron chi connectivity index (χ4n) is 3.90. The van der Waals surface area contributed by atoms with Crippen molar-refractivity contribution in [3.8, 4) is 6.07 Å². The Labute approximate surface area is 173 Å². The van der Waals surface area contributed by atoms with Crippen LogP contribution in [0.3, 0.4) is 0 Å². The predicted octanol–water partition coefficient (Wildman–Crippen LogP) is 4.20. The molecule has 0 bridgehead atoms. The number of anilines is 3. The maximum atomic E-state index is 15.0. The van der Waals surface area contributed by atoms with Crippen LogP contribution in [0.25, 0.3) is 11.0 Å². The summed E-state index contributed by atoms with van der Waals surface area (Å²) in [6.07, 6.45) is 2.98. The number of benzene rings is 1. The highest BCUT2D eigenvalue weighted by Crippen LogP contribution is 2.40. The summed E-state index contributed by atoms with van der Waals surface area (Å²) in [6, 6.07) is 4.91. The Morgan fingerprint density at radius 1 is 1.47 bits per heavy atom. The zero-order valence-corrected chi connectivity index (χ0v) is 17.4. The topological polar surface area (TPSA) is 97.7 Å². The van der Waals surface area contributed by atoms with Gasteiger partial charge in [-0.25, -0.2) is 14.4 Å². The van der Waals surface area contributed by atoms with E-state index in [1.807, 2.05) is 26.8 Å². The van der Waals surface area contributed by atoms with E-state index < -0.39 is 5.82 Å². The standard InChI is InChI=1S/C22H23FN6O/c1-5-14-7-13(9-24)8-16(23)19(14)29(4)21-12(3)17-18(26-10-25-17)20(27-21)28-22(30)15-6-11(15)2/h7-8,10-11,15H,5-6H2,1-4H3,(H,25,26)(H,27,28,30). The fraction of sp³-hybridized carbons (Fsp3) is 0.364. The molecule has 2 heterocycles. The van der Waals surface area contributed by atoms with Crippen molar-refractivity contribution in [1.29, 1.82) is 5.26 Å². The number of aromatic nitrogens is 3. The molecule has 0 spiro atoms. The van der Waals surface area contributed by atoms with Crippen LogP contribution >= 0.6 is 0 Å². The molecular formula is C22H23FN6O. The van der Waals surface area contributed by atoms with Gasteiger partial charge in [0, 0.05) is 18.5 Å². The molecule has 7 nitrogen and oxygen atoms in total. The van der Waals surface area contributed by atoms with Gasteiger partial charge >= 0.3 is 0 Å². The smallest absolute Gasteiger partial charge is 0.228 e. The number of rotatable bonds is 5. The summed E-state index contributed by atoms with van der Waals surface area (Å²) in [5.74, 6) is 0.680. The van der Waals surface area contributed by atoms with Gasteiger partial charge in [-0.05, 0) is 43.4 Å². The van der Waals surface area contributed by atoms with Gasteiger partial charge in [-0.1, -0.05) is 13.8 Å². The average Bonchev–Trinajstić information content (AvgIpc) is 3.25. The molecule has 1 aliphatic rings. The van der Waals surface area contributed by atoms with E-state index in [0.717, 1.165) is 12.0 Å². The van der Waals surface area contributed by atoms with E-state index in [2.05, 4.69) is 20.3 Å². The second kappa shape index (κ2) is 7.41. The lowest BCUT2D eigenvalue weighted by atomic mass is 10.0. The number of imidazole rings is 1. The number of hydrogen-bond donors (Lipinski definition) is 2. The number of nitrogens with zero attached hydrogens (tertiary/aromatic N) is 4. The summed E-state index contributed by atoms with van der Waals surface area (Å²) < 4.78 is 15.0. The molecule has 2 aromatic heterocycles. The number of aromatic amines is 1. The number of pyridine rings is 1. The number of fused-ring (bicyclic) bond motifs is 1. The number of carbonyl (C=O) groups excluding carboxylic acids is 1. The molecule has 1 aromatic carbocycles. The number of amides is 1. The highest BCUT2D eigenvalue weighted by molar-refractivity contribution is 6.01. The Morgan fingerprint density at radius 2 is 2.20 bits per heavy atom. The Balaban J connectivity index is 1.82. The van der Waals surface area contributed by atoms with E-state index in [1.54, 1.807) is 24.3 Å². The van der Waals surface area contributed by atoms with Crippen molar-refractivity contribution in [3.05, 3.63) is 41.0 Å². The third-order valence-corrected chi connectivity index (χ3v) is 5.78. The number of nitrogens with one attached hydrogen (secondary N) is 2. The molecule has 2 atom stereocenters. The van der Waals surface area contributed by atoms with Crippen LogP contribution in [0.4, 0.5) is 21.7 Å². The first-order valence-corrected chi connectivity index (χ1v) is 9.96. The lowest BCUT2D eigenvalue weighted by Gasteiger charge is -2.24. The van der Waals surface area contributed by atoms with E-state index in [-0.39, 0.29) is 17.4 Å². The molecule has 8 heteroatoms. The molecule has 154 valence electrons. The van der Waals surface area contributed by atoms with E-state index in [1.165, 1.54) is 6.07 Å². The van der Waals surface area contributed by atoms with Crippen molar-refractivity contribution in [2.75, 3.05) is 17.3 Å². The molecule has 0 radical (unpaired) electrons. The third kappa shape index (κ3) is 3.26. The number of nitriles is 1. The van der Waals surface area contributed by atoms with Crippen LogP contribution in [0.1, 0.15) is 37.0 Å². The highest BCUT2D eigenvalue weighted by atomic mass is 19.1. The van der Waals surface area contributed by atoms with Crippen molar-refractivity contribution in [1.82, 2.24) is 15.0 Å². The Kier molecular flexibility index (Phi) is 4.90. The van der Waals surface area contributed by atoms with Gasteiger partial charge in [0.2, 0.25) is 5.91 Å². The van der Waals surface area contributed by atoms with Crippen molar-refractivity contribution in [2.45, 2.75) is 33.6 Å². The van der Waals surface area contributed by atoms with Crippen molar-refractivity contribution in [2.24, 2.45) is 11.8 Å². The first-order valence-electron chi connectivity index (χ1n) is 9.96. The summed E-state index contributed by atoms with van der Waals surface area (Å²) in [7, 11) is 1.73. The van der Waals surface area contributed by atoms with Crippen LogP contribution in [0.15, 0.2) is 18.5 Å². The SMILES string of the molecule is CCc1cc(C#N)cc(F)c1N(C)c1nc(NC(=O)C2CC2C)c2[nH]cnc2c1C. The molecule has 1 aliphatic carbocycles. The predicted molar refractivity (Wildman–Crippen MR) is 113 cm³/mol. The average molecular weight is 406 g/mol. The number of carbonyl (C=O) groups is 1. The van der Waals surface area contributed by atoms with Gasteiger partial charge in [0.1, 0.15) is 17.2 Å². The van der Waals surface area contributed by atoms with E-state index in [9.17, 15) is 9.18 Å². The van der Waals surface area contributed by atoms with E-state index in [0.29, 0.717) is 46.3 Å². The first-order chi connectivity index (χ1) is 14.3. The zero-order valence-electron chi connectivity index (χ0n) is 17.4. The zero-order chi connectivity index (χ0) is 21.6. The summed E-state index contributed by atoms with van der Waals surface area (Å²) in [6.45, 7) is 5.81. The van der Waals surface area contributed by atoms with Crippen LogP contribution in [0.5, 0.6) is 0 Å². The highest BCUT2D eigenvalue weighted by Gasteiger charge is 2.39. The normalized spacial score (nSPS) is 17.6. The Hall–Kier alpha value is -3.47. The van der Waals surface area contributed by atoms with Crippen molar-refractivity contribution >= 4 is 34.3 Å². The third-order valence-electron chi connectivity index (χ3n) is 5.78. The summed E-state index contributed by atoms with van der Waals surface area (Å²) in [5.41, 5.74) is 3.41. The maximum absolute atomic E-state index is 15.0. The molecule has 1 amide bonds. The minimum absolute atomic E-state index is 0.00470. The monoisotopic (exact) mass is 406 g/mol. The second-order valence-corrected chi connectivity index (χ2v) is 7.83. The first kappa shape index (κ1) is 19.8. The maximum Gasteiger partial charge on any atom is 0.228 e. The van der Waals surface area contributed by atoms with Crippen LogP contribution in [-0.4, -0.2) is 27.9 Å². The molecule has 2 N–H and O–H groups in total. The number of halogens is 1. The molecule has 3 aromatic rings. The molecule has 0 aliphatic heterocycles. The quantitative estimate of drug-likeness (QED) is 0.662. The minimum atomic E-state index is -0.492. The number of aryl methyl sites for hydroxylation is 2. The molecule has 30 heavy (non-hydrogen) atoms. The van der Waals surface area contributed by atoms with Gasteiger partial charge < -0.3 is 15.2 Å². The molecule has 2 unspecified atom stereocenters. The second-order valence-electron chi connectivity index (χ2n) is 7.83. The van der Waals surface area contributed by atoms with Crippen molar-refractivity contribution in [3.63, 3.8) is 0 Å². The molecule has 1 fully saturated rings. The van der Waals surface area contributed by atoms with Gasteiger partial charge in [0.15, 0.2) is 5.82 Å². The van der Waals surface area contributed by atoms with Crippen LogP contribution in [0, 0.1) is 35.9 Å². The molecule has 0 saturated heterocycles. The van der Waals surface area contributed by atoms with Crippen LogP contribution in [0.2, 0.25) is 0 Å². The molecule has 4 rings (SSSR count). The molecular weight excluding hydrogens is 383 g/mol. The number of hydrogen-bond acceptors (Lipinski definition) is 5. The lowest BCUT2D eigenvalue weighted by molar-refractivity contribution is -0.117. The van der Waals surface area contributed by atoms with Crippen LogP contribution in [-0.2, 0) is 11.2 Å². The van der Waals surface area contributed by atoms with E-state index >= 15 is 0 Å². The van der Waals surface area contributed by atoms with Gasteiger partial charge in [0.25, 0.3) is 0 Å². The van der Waals surface area contributed by atoms with E-state index in [4.69, 9.17) is 5.26 Å². The molecule has 1 saturated carbocycles. The van der Waals surface area contributed by atoms with Gasteiger partial charge in [-0.15, -0.1) is 0 Å². The van der Waals surface area contributed by atoms with Gasteiger partial charge in [-0.2, -0.15) is 5.26 Å². The summed E-state index contributed by atoms with van der Waals surface area (Å²) in [4.78, 5) is 26.3. The van der Waals surface area contributed by atoms with Crippen molar-refractivity contribution < 1.29 is 9.18 Å². The Bertz CT molecular complexity index is 1190. The Morgan fingerprint density at radius 3 is 2.83 bits per heavy atom.